The number of carbonyl (C=O) groups excluding carboxylic acids is 1. The summed E-state index contributed by atoms with van der Waals surface area (Å²) in [6, 6.07) is 3.15. The number of aliphatic imine (C=N–C) groups is 1. The molecule has 1 aromatic carbocycles. The molecule has 1 saturated carbocycles. The van der Waals surface area contributed by atoms with Crippen molar-refractivity contribution in [2.75, 3.05) is 7.11 Å². The minimum absolute atomic E-state index is 0.0908. The molecular weight excluding hydrogens is 457 g/mol. The van der Waals surface area contributed by atoms with E-state index in [0.717, 1.165) is 0 Å². The molecule has 10 heteroatoms. The SMILES string of the molecule is COC(=O)C1=C(C2CCC(C(=O)O)CC2)NC(c2nccs2)=N[C@H]1c1ccc(F)cc1Cl. The molecule has 0 saturated heterocycles. The molecule has 7 nitrogen and oxygen atoms in total. The number of carbonyl (C=O) groups is 2. The average Bonchev–Trinajstić information content (AvgIpc) is 3.33. The number of carboxylic acids is 1. The number of nitrogens with zero attached hydrogens (tertiary/aromatic N) is 2. The molecule has 1 aromatic heterocycles. The second-order valence-electron chi connectivity index (χ2n) is 7.71. The van der Waals surface area contributed by atoms with Crippen LogP contribution < -0.4 is 5.32 Å². The molecular formula is C22H21ClFN3O4S. The van der Waals surface area contributed by atoms with Crippen molar-refractivity contribution in [2.24, 2.45) is 16.8 Å². The molecule has 2 heterocycles. The fourth-order valence-electron chi connectivity index (χ4n) is 4.25. The molecule has 168 valence electrons. The van der Waals surface area contributed by atoms with E-state index < -0.39 is 29.7 Å². The van der Waals surface area contributed by atoms with E-state index in [1.54, 1.807) is 6.20 Å². The lowest BCUT2D eigenvalue weighted by molar-refractivity contribution is -0.143. The van der Waals surface area contributed by atoms with Crippen molar-refractivity contribution in [3.8, 4) is 0 Å². The summed E-state index contributed by atoms with van der Waals surface area (Å²) >= 11 is 7.74. The molecule has 1 atom stereocenters. The van der Waals surface area contributed by atoms with Crippen molar-refractivity contribution < 1.29 is 23.8 Å². The van der Waals surface area contributed by atoms with E-state index in [0.29, 0.717) is 53.4 Å². The minimum Gasteiger partial charge on any atom is -0.481 e. The second-order valence-corrected chi connectivity index (χ2v) is 9.02. The number of benzene rings is 1. The lowest BCUT2D eigenvalue weighted by Gasteiger charge is -2.34. The van der Waals surface area contributed by atoms with E-state index in [1.165, 1.54) is 36.6 Å². The number of nitrogens with one attached hydrogen (secondary N) is 1. The zero-order valence-electron chi connectivity index (χ0n) is 17.2. The van der Waals surface area contributed by atoms with Gasteiger partial charge in [0.25, 0.3) is 0 Å². The van der Waals surface area contributed by atoms with Gasteiger partial charge in [0.15, 0.2) is 10.8 Å². The Hall–Kier alpha value is -2.78. The summed E-state index contributed by atoms with van der Waals surface area (Å²) in [7, 11) is 1.29. The standard InChI is InChI=1S/C22H21ClFN3O4S/c1-31-22(30)16-17(11-2-4-12(5-3-11)21(28)29)26-19(20-25-8-9-32-20)27-18(16)14-7-6-13(24)10-15(14)23/h6-12,18H,2-5H2,1H3,(H,26,27)(H,28,29)/t11?,12?,18-/m0/s1. The van der Waals surface area contributed by atoms with E-state index in [1.807, 2.05) is 5.38 Å². The van der Waals surface area contributed by atoms with Gasteiger partial charge in [0.1, 0.15) is 11.9 Å². The number of esters is 1. The van der Waals surface area contributed by atoms with Gasteiger partial charge in [-0.1, -0.05) is 17.7 Å². The van der Waals surface area contributed by atoms with Crippen LogP contribution in [0.2, 0.25) is 5.02 Å². The Morgan fingerprint density at radius 3 is 2.62 bits per heavy atom. The van der Waals surface area contributed by atoms with Gasteiger partial charge in [-0.15, -0.1) is 11.3 Å². The highest BCUT2D eigenvalue weighted by Gasteiger charge is 2.38. The predicted octanol–water partition coefficient (Wildman–Crippen LogP) is 4.34. The first kappa shape index (κ1) is 22.4. The Morgan fingerprint density at radius 2 is 2.03 bits per heavy atom. The summed E-state index contributed by atoms with van der Waals surface area (Å²) in [4.78, 5) is 33.4. The van der Waals surface area contributed by atoms with Crippen LogP contribution in [0.5, 0.6) is 0 Å². The number of aliphatic carboxylic acids is 1. The Bertz CT molecular complexity index is 1090. The summed E-state index contributed by atoms with van der Waals surface area (Å²) in [6.45, 7) is 0. The molecule has 2 aliphatic rings. The number of methoxy groups -OCH3 is 1. The van der Waals surface area contributed by atoms with Crippen LogP contribution in [0.3, 0.4) is 0 Å². The predicted molar refractivity (Wildman–Crippen MR) is 118 cm³/mol. The fourth-order valence-corrected chi connectivity index (χ4v) is 5.11. The molecule has 0 unspecified atom stereocenters. The Kier molecular flexibility index (Phi) is 6.57. The van der Waals surface area contributed by atoms with Crippen LogP contribution in [0.4, 0.5) is 4.39 Å². The fraction of sp³-hybridized carbons (Fsp3) is 0.364. The lowest BCUT2D eigenvalue weighted by Crippen LogP contribution is -2.38. The van der Waals surface area contributed by atoms with Crippen LogP contribution in [0.25, 0.3) is 0 Å². The van der Waals surface area contributed by atoms with Crippen molar-refractivity contribution in [2.45, 2.75) is 31.7 Å². The van der Waals surface area contributed by atoms with E-state index in [9.17, 15) is 19.1 Å². The monoisotopic (exact) mass is 477 g/mol. The summed E-state index contributed by atoms with van der Waals surface area (Å²) < 4.78 is 18.8. The normalized spacial score (nSPS) is 23.3. The van der Waals surface area contributed by atoms with Gasteiger partial charge in [0, 0.05) is 27.9 Å². The van der Waals surface area contributed by atoms with Gasteiger partial charge < -0.3 is 15.2 Å². The summed E-state index contributed by atoms with van der Waals surface area (Å²) in [5.74, 6) is -1.87. The summed E-state index contributed by atoms with van der Waals surface area (Å²) in [6.07, 6.45) is 3.85. The average molecular weight is 478 g/mol. The number of thiazole rings is 1. The number of hydrogen-bond acceptors (Lipinski definition) is 7. The van der Waals surface area contributed by atoms with E-state index in [2.05, 4.69) is 10.3 Å². The van der Waals surface area contributed by atoms with Crippen LogP contribution in [-0.2, 0) is 14.3 Å². The molecule has 0 bridgehead atoms. The van der Waals surface area contributed by atoms with Gasteiger partial charge in [-0.3, -0.25) is 9.79 Å². The maximum absolute atomic E-state index is 13.7. The molecule has 2 N–H and O–H groups in total. The van der Waals surface area contributed by atoms with Crippen molar-refractivity contribution in [1.29, 1.82) is 0 Å². The number of allylic oxidation sites excluding steroid dienone is 1. The number of amidine groups is 1. The quantitative estimate of drug-likeness (QED) is 0.621. The number of ether oxygens (including phenoxy) is 1. The maximum Gasteiger partial charge on any atom is 0.338 e. The number of carboxylic acid groups (broad SMARTS) is 1. The molecule has 1 aliphatic heterocycles. The van der Waals surface area contributed by atoms with Gasteiger partial charge in [0.2, 0.25) is 0 Å². The third kappa shape index (κ3) is 4.40. The third-order valence-electron chi connectivity index (χ3n) is 5.86. The van der Waals surface area contributed by atoms with Gasteiger partial charge in [-0.2, -0.15) is 0 Å². The van der Waals surface area contributed by atoms with Crippen LogP contribution in [0, 0.1) is 17.7 Å². The van der Waals surface area contributed by atoms with E-state index >= 15 is 0 Å². The number of halogens is 2. The highest BCUT2D eigenvalue weighted by atomic mass is 35.5. The van der Waals surface area contributed by atoms with Crippen molar-refractivity contribution >= 4 is 40.7 Å². The molecule has 0 amide bonds. The number of rotatable bonds is 5. The Morgan fingerprint density at radius 1 is 1.28 bits per heavy atom. The van der Waals surface area contributed by atoms with Crippen molar-refractivity contribution in [3.63, 3.8) is 0 Å². The summed E-state index contributed by atoms with van der Waals surface area (Å²) in [5.41, 5.74) is 1.40. The van der Waals surface area contributed by atoms with Crippen LogP contribution in [0.15, 0.2) is 46.0 Å². The first-order valence-corrected chi connectivity index (χ1v) is 11.4. The van der Waals surface area contributed by atoms with Gasteiger partial charge in [-0.05, 0) is 43.7 Å². The summed E-state index contributed by atoms with van der Waals surface area (Å²) in [5, 5.41) is 15.2. The molecule has 2 aromatic rings. The zero-order chi connectivity index (χ0) is 22.8. The van der Waals surface area contributed by atoms with Gasteiger partial charge in [-0.25, -0.2) is 14.2 Å². The molecule has 0 radical (unpaired) electrons. The number of hydrogen-bond donors (Lipinski definition) is 2. The molecule has 0 spiro atoms. The Balaban J connectivity index is 1.82. The molecule has 4 rings (SSSR count). The molecule has 32 heavy (non-hydrogen) atoms. The largest absolute Gasteiger partial charge is 0.481 e. The zero-order valence-corrected chi connectivity index (χ0v) is 18.8. The van der Waals surface area contributed by atoms with E-state index in [-0.39, 0.29) is 10.9 Å². The van der Waals surface area contributed by atoms with Crippen LogP contribution >= 0.6 is 22.9 Å². The van der Waals surface area contributed by atoms with Crippen LogP contribution in [0.1, 0.15) is 42.3 Å². The minimum atomic E-state index is -0.817. The second kappa shape index (κ2) is 9.38. The molecule has 1 fully saturated rings. The first-order valence-electron chi connectivity index (χ1n) is 10.1. The number of aromatic nitrogens is 1. The maximum atomic E-state index is 13.7. The lowest BCUT2D eigenvalue weighted by atomic mass is 9.78. The van der Waals surface area contributed by atoms with Crippen molar-refractivity contribution in [1.82, 2.24) is 10.3 Å². The molecule has 1 aliphatic carbocycles. The smallest absolute Gasteiger partial charge is 0.338 e. The van der Waals surface area contributed by atoms with Gasteiger partial charge >= 0.3 is 11.9 Å². The Labute approximate surface area is 193 Å². The third-order valence-corrected chi connectivity index (χ3v) is 6.96. The van der Waals surface area contributed by atoms with Crippen LogP contribution in [-0.4, -0.2) is 35.0 Å². The van der Waals surface area contributed by atoms with Crippen molar-refractivity contribution in [3.05, 3.63) is 62.5 Å². The van der Waals surface area contributed by atoms with Gasteiger partial charge in [0.05, 0.1) is 18.6 Å². The first-order chi connectivity index (χ1) is 15.4. The topological polar surface area (TPSA) is 101 Å². The highest BCUT2D eigenvalue weighted by molar-refractivity contribution is 7.11. The van der Waals surface area contributed by atoms with E-state index in [4.69, 9.17) is 21.3 Å². The highest BCUT2D eigenvalue weighted by Crippen LogP contribution is 2.41.